The van der Waals surface area contributed by atoms with Crippen LogP contribution in [0, 0.1) is 11.7 Å². The van der Waals surface area contributed by atoms with Crippen molar-refractivity contribution >= 4 is 23.5 Å². The van der Waals surface area contributed by atoms with Gasteiger partial charge in [-0.05, 0) is 63.1 Å². The van der Waals surface area contributed by atoms with E-state index in [0.29, 0.717) is 41.2 Å². The minimum atomic E-state index is -0.387. The fraction of sp³-hybridized carbons (Fsp3) is 0.625. The molecule has 2 heterocycles. The van der Waals surface area contributed by atoms with Crippen LogP contribution in [0.25, 0.3) is 0 Å². The molecule has 0 bridgehead atoms. The first kappa shape index (κ1) is 22.1. The van der Waals surface area contributed by atoms with Gasteiger partial charge >= 0.3 is 0 Å². The predicted octanol–water partition coefficient (Wildman–Crippen LogP) is 4.45. The molecule has 0 spiro atoms. The van der Waals surface area contributed by atoms with Gasteiger partial charge in [-0.15, -0.1) is 0 Å². The molecule has 2 aromatic rings. The summed E-state index contributed by atoms with van der Waals surface area (Å²) in [6, 6.07) is 5.29. The highest BCUT2D eigenvalue weighted by molar-refractivity contribution is 5.57. The van der Waals surface area contributed by atoms with Crippen molar-refractivity contribution in [1.29, 1.82) is 0 Å². The summed E-state index contributed by atoms with van der Waals surface area (Å²) in [6.07, 6.45) is 10.9. The van der Waals surface area contributed by atoms with E-state index < -0.39 is 0 Å². The van der Waals surface area contributed by atoms with Crippen LogP contribution in [0.1, 0.15) is 57.8 Å². The maximum atomic E-state index is 14.5. The normalized spacial score (nSPS) is 21.1. The number of nitrogens with zero attached hydrogens (tertiary/aromatic N) is 3. The highest BCUT2D eigenvalue weighted by Crippen LogP contribution is 2.30. The summed E-state index contributed by atoms with van der Waals surface area (Å²) in [5.41, 5.74) is 0.573. The summed E-state index contributed by atoms with van der Waals surface area (Å²) in [5, 5.41) is 13.4. The Morgan fingerprint density at radius 3 is 2.33 bits per heavy atom. The summed E-state index contributed by atoms with van der Waals surface area (Å²) < 4.78 is 20.1. The smallest absolute Gasteiger partial charge is 0.233 e. The highest BCUT2D eigenvalue weighted by atomic mass is 19.1. The van der Waals surface area contributed by atoms with Crippen LogP contribution in [0.15, 0.2) is 18.2 Å². The van der Waals surface area contributed by atoms with E-state index in [1.807, 2.05) is 0 Å². The lowest BCUT2D eigenvalue weighted by Crippen LogP contribution is -2.30. The number of hydrogen-bond acceptors (Lipinski definition) is 8. The Labute approximate surface area is 194 Å². The molecule has 1 aromatic heterocycles. The Morgan fingerprint density at radius 1 is 0.879 bits per heavy atom. The number of halogens is 1. The zero-order valence-corrected chi connectivity index (χ0v) is 19.1. The molecule has 5 rings (SSSR count). The Morgan fingerprint density at radius 2 is 1.64 bits per heavy atom. The Balaban J connectivity index is 1.28. The van der Waals surface area contributed by atoms with E-state index in [0.717, 1.165) is 38.9 Å². The van der Waals surface area contributed by atoms with Crippen molar-refractivity contribution < 1.29 is 9.13 Å². The van der Waals surface area contributed by atoms with E-state index in [9.17, 15) is 4.39 Å². The lowest BCUT2D eigenvalue weighted by Gasteiger charge is -2.22. The molecule has 3 aliphatic rings. The van der Waals surface area contributed by atoms with Crippen molar-refractivity contribution in [3.8, 4) is 5.75 Å². The molecule has 1 atom stereocenters. The quantitative estimate of drug-likeness (QED) is 0.417. The number of aromatic nitrogens is 3. The lowest BCUT2D eigenvalue weighted by atomic mass is 9.89. The minimum Gasteiger partial charge on any atom is -0.487 e. The van der Waals surface area contributed by atoms with Gasteiger partial charge in [0.15, 0.2) is 11.6 Å². The molecule has 33 heavy (non-hydrogen) atoms. The third kappa shape index (κ3) is 6.43. The molecular weight excluding hydrogens is 421 g/mol. The second-order valence-electron chi connectivity index (χ2n) is 9.45. The average molecular weight is 456 g/mol. The van der Waals surface area contributed by atoms with E-state index in [1.165, 1.54) is 44.6 Å². The first-order valence-corrected chi connectivity index (χ1v) is 12.4. The lowest BCUT2D eigenvalue weighted by molar-refractivity contribution is 0.287. The number of ether oxygens (including phenoxy) is 1. The maximum Gasteiger partial charge on any atom is 0.233 e. The van der Waals surface area contributed by atoms with Crippen LogP contribution in [0.2, 0.25) is 0 Å². The molecule has 1 aromatic carbocycles. The second-order valence-corrected chi connectivity index (χ2v) is 9.45. The Bertz CT molecular complexity index is 927. The minimum absolute atomic E-state index is 0.155. The summed E-state index contributed by atoms with van der Waals surface area (Å²) in [6.45, 7) is 2.67. The van der Waals surface area contributed by atoms with Crippen LogP contribution >= 0.6 is 0 Å². The fourth-order valence-electron chi connectivity index (χ4n) is 4.53. The number of benzene rings is 1. The van der Waals surface area contributed by atoms with Gasteiger partial charge in [0.05, 0.1) is 6.10 Å². The third-order valence-corrected chi connectivity index (χ3v) is 6.58. The van der Waals surface area contributed by atoms with E-state index in [2.05, 4.69) is 36.2 Å². The van der Waals surface area contributed by atoms with Crippen LogP contribution in [-0.4, -0.2) is 46.7 Å². The summed E-state index contributed by atoms with van der Waals surface area (Å²) >= 11 is 0. The summed E-state index contributed by atoms with van der Waals surface area (Å²) in [4.78, 5) is 13.7. The van der Waals surface area contributed by atoms with E-state index >= 15 is 0 Å². The Kier molecular flexibility index (Phi) is 7.04. The van der Waals surface area contributed by atoms with Gasteiger partial charge in [-0.25, -0.2) is 4.39 Å². The molecule has 1 unspecified atom stereocenters. The molecule has 4 N–H and O–H groups in total. The number of anilines is 4. The molecule has 3 fully saturated rings. The predicted molar refractivity (Wildman–Crippen MR) is 128 cm³/mol. The highest BCUT2D eigenvalue weighted by Gasteiger charge is 2.25. The molecule has 2 saturated carbocycles. The average Bonchev–Trinajstić information content (AvgIpc) is 3.49. The van der Waals surface area contributed by atoms with E-state index in [4.69, 9.17) is 4.74 Å². The third-order valence-electron chi connectivity index (χ3n) is 6.58. The van der Waals surface area contributed by atoms with Gasteiger partial charge in [0.25, 0.3) is 0 Å². The van der Waals surface area contributed by atoms with Crippen molar-refractivity contribution in [3.63, 3.8) is 0 Å². The largest absolute Gasteiger partial charge is 0.487 e. The first-order chi connectivity index (χ1) is 16.2. The Hall–Kier alpha value is -2.68. The van der Waals surface area contributed by atoms with Crippen molar-refractivity contribution in [2.45, 2.75) is 69.9 Å². The topological polar surface area (TPSA) is 96.0 Å². The maximum absolute atomic E-state index is 14.5. The van der Waals surface area contributed by atoms with Crippen molar-refractivity contribution in [2.75, 3.05) is 35.6 Å². The molecule has 0 radical (unpaired) electrons. The second kappa shape index (κ2) is 10.5. The van der Waals surface area contributed by atoms with Gasteiger partial charge in [-0.2, -0.15) is 15.0 Å². The molecule has 2 aliphatic carbocycles. The number of nitrogens with one attached hydrogen (secondary N) is 4. The molecule has 0 amide bonds. The van der Waals surface area contributed by atoms with Crippen LogP contribution in [0.4, 0.5) is 27.9 Å². The summed E-state index contributed by atoms with van der Waals surface area (Å²) in [5.74, 6) is 1.99. The number of rotatable bonds is 10. The molecular formula is C24H34FN7O. The zero-order chi connectivity index (χ0) is 22.5. The molecule has 8 nitrogen and oxygen atoms in total. The van der Waals surface area contributed by atoms with Crippen LogP contribution in [-0.2, 0) is 0 Å². The van der Waals surface area contributed by atoms with Gasteiger partial charge in [0.1, 0.15) is 0 Å². The van der Waals surface area contributed by atoms with Gasteiger partial charge in [0, 0.05) is 30.9 Å². The molecule has 1 saturated heterocycles. The van der Waals surface area contributed by atoms with E-state index in [-0.39, 0.29) is 11.9 Å². The standard InChI is InChI=1S/C24H34FN7O/c25-20-13-17(8-11-21(20)33-19-9-10-19)29-24-31-22(27-14-16-5-2-1-3-6-16)30-23(32-24)28-15-18-7-4-12-26-18/h8,11,13,16,18-19,26H,1-7,9-10,12,14-15H2,(H3,27,28,29,30,31,32). The first-order valence-electron chi connectivity index (χ1n) is 12.4. The van der Waals surface area contributed by atoms with Crippen LogP contribution < -0.4 is 26.0 Å². The zero-order valence-electron chi connectivity index (χ0n) is 19.1. The molecule has 178 valence electrons. The van der Waals surface area contributed by atoms with E-state index in [1.54, 1.807) is 12.1 Å². The van der Waals surface area contributed by atoms with Crippen molar-refractivity contribution in [3.05, 3.63) is 24.0 Å². The van der Waals surface area contributed by atoms with Crippen LogP contribution in [0.5, 0.6) is 5.75 Å². The van der Waals surface area contributed by atoms with Crippen molar-refractivity contribution in [1.82, 2.24) is 20.3 Å². The monoisotopic (exact) mass is 455 g/mol. The van der Waals surface area contributed by atoms with Crippen LogP contribution in [0.3, 0.4) is 0 Å². The van der Waals surface area contributed by atoms with Gasteiger partial charge in [-0.3, -0.25) is 0 Å². The van der Waals surface area contributed by atoms with Gasteiger partial charge in [0.2, 0.25) is 17.8 Å². The molecule has 9 heteroatoms. The van der Waals surface area contributed by atoms with Crippen molar-refractivity contribution in [2.24, 2.45) is 5.92 Å². The SMILES string of the molecule is Fc1cc(Nc2nc(NCC3CCCCC3)nc(NCC3CCCN3)n2)ccc1OC1CC1. The van der Waals surface area contributed by atoms with Gasteiger partial charge in [-0.1, -0.05) is 19.3 Å². The number of hydrogen-bond donors (Lipinski definition) is 4. The fourth-order valence-corrected chi connectivity index (χ4v) is 4.53. The molecule has 1 aliphatic heterocycles. The summed E-state index contributed by atoms with van der Waals surface area (Å²) in [7, 11) is 0. The van der Waals surface area contributed by atoms with Gasteiger partial charge < -0.3 is 26.0 Å².